The van der Waals surface area contributed by atoms with Crippen LogP contribution in [0, 0.1) is 0 Å². The van der Waals surface area contributed by atoms with Crippen molar-refractivity contribution in [2.45, 2.75) is 13.5 Å². The van der Waals surface area contributed by atoms with Crippen molar-refractivity contribution < 1.29 is 9.53 Å². The van der Waals surface area contributed by atoms with Crippen molar-refractivity contribution in [3.05, 3.63) is 12.4 Å². The molecule has 14 heavy (non-hydrogen) atoms. The van der Waals surface area contributed by atoms with Crippen molar-refractivity contribution in [1.29, 1.82) is 0 Å². The van der Waals surface area contributed by atoms with Gasteiger partial charge in [-0.1, -0.05) is 0 Å². The summed E-state index contributed by atoms with van der Waals surface area (Å²) in [7, 11) is 0. The number of nitrogens with two attached hydrogens (primary N) is 1. The molecule has 0 saturated heterocycles. The van der Waals surface area contributed by atoms with E-state index in [1.54, 1.807) is 6.20 Å². The third-order valence-electron chi connectivity index (χ3n) is 1.69. The van der Waals surface area contributed by atoms with Crippen molar-refractivity contribution >= 4 is 12.0 Å². The number of nitrogens with one attached hydrogen (secondary N) is 1. The molecule has 0 aliphatic rings. The minimum absolute atomic E-state index is 0.242. The second kappa shape index (κ2) is 5.11. The van der Waals surface area contributed by atoms with E-state index in [9.17, 15) is 4.79 Å². The van der Waals surface area contributed by atoms with E-state index in [2.05, 4.69) is 15.0 Å². The molecule has 1 rings (SSSR count). The van der Waals surface area contributed by atoms with Gasteiger partial charge in [-0.05, 0) is 6.92 Å². The van der Waals surface area contributed by atoms with Crippen molar-refractivity contribution in [3.8, 4) is 0 Å². The molecule has 1 amide bonds. The van der Waals surface area contributed by atoms with Crippen LogP contribution in [0.2, 0.25) is 0 Å². The molecular weight excluding hydrogens is 184 g/mol. The minimum atomic E-state index is -0.759. The highest BCUT2D eigenvalue weighted by Gasteiger charge is 1.99. The molecule has 0 radical (unpaired) electrons. The van der Waals surface area contributed by atoms with E-state index in [-0.39, 0.29) is 6.61 Å². The van der Waals surface area contributed by atoms with E-state index in [4.69, 9.17) is 5.73 Å². The average molecular weight is 198 g/mol. The molecule has 0 spiro atoms. The Morgan fingerprint density at radius 3 is 3.21 bits per heavy atom. The summed E-state index contributed by atoms with van der Waals surface area (Å²) < 4.78 is 6.50. The van der Waals surface area contributed by atoms with Gasteiger partial charge in [0.1, 0.15) is 6.61 Å². The van der Waals surface area contributed by atoms with E-state index in [0.29, 0.717) is 6.54 Å². The highest BCUT2D eigenvalue weighted by atomic mass is 16.5. The first-order valence-electron chi connectivity index (χ1n) is 4.41. The van der Waals surface area contributed by atoms with Crippen LogP contribution in [0.1, 0.15) is 6.92 Å². The van der Waals surface area contributed by atoms with Crippen molar-refractivity contribution in [2.24, 2.45) is 5.73 Å². The van der Waals surface area contributed by atoms with Crippen LogP contribution in [0.3, 0.4) is 0 Å². The van der Waals surface area contributed by atoms with Gasteiger partial charge in [0.05, 0.1) is 6.54 Å². The molecule has 78 valence electrons. The Labute approximate surface area is 82.1 Å². The van der Waals surface area contributed by atoms with E-state index in [0.717, 1.165) is 12.5 Å². The molecule has 0 atom stereocenters. The van der Waals surface area contributed by atoms with E-state index in [1.165, 1.54) is 0 Å². The summed E-state index contributed by atoms with van der Waals surface area (Å²) in [6.45, 7) is 3.61. The molecule has 1 aromatic rings. The van der Waals surface area contributed by atoms with Crippen LogP contribution in [0.15, 0.2) is 12.4 Å². The second-order valence-electron chi connectivity index (χ2n) is 2.63. The highest BCUT2D eigenvalue weighted by molar-refractivity contribution is 5.64. The first-order chi connectivity index (χ1) is 6.74. The monoisotopic (exact) mass is 198 g/mol. The lowest BCUT2D eigenvalue weighted by Crippen LogP contribution is -2.19. The number of primary amides is 1. The fraction of sp³-hybridized carbons (Fsp3) is 0.500. The number of hydrogen-bond acceptors (Lipinski definition) is 4. The van der Waals surface area contributed by atoms with Gasteiger partial charge in [-0.15, -0.1) is 0 Å². The van der Waals surface area contributed by atoms with Crippen LogP contribution in [0.5, 0.6) is 0 Å². The first kappa shape index (κ1) is 10.4. The maximum atomic E-state index is 10.2. The summed E-state index contributed by atoms with van der Waals surface area (Å²) in [4.78, 5) is 14.3. The maximum Gasteiger partial charge on any atom is 0.404 e. The van der Waals surface area contributed by atoms with Gasteiger partial charge in [0.15, 0.2) is 0 Å². The Kier molecular flexibility index (Phi) is 3.78. The van der Waals surface area contributed by atoms with Gasteiger partial charge in [0, 0.05) is 18.9 Å². The average Bonchev–Trinajstić information content (AvgIpc) is 2.59. The maximum absolute atomic E-state index is 10.2. The number of ether oxygens (including phenoxy) is 1. The van der Waals surface area contributed by atoms with Crippen LogP contribution >= 0.6 is 0 Å². The molecule has 0 aromatic carbocycles. The molecule has 1 aromatic heterocycles. The largest absolute Gasteiger partial charge is 0.448 e. The number of rotatable bonds is 5. The predicted octanol–water partition coefficient (Wildman–Crippen LogP) is 0.410. The Bertz CT molecular complexity index is 297. The standard InChI is InChI=1S/C8H14N4O2/c1-2-12-5-3-10-8(12)11-4-6-14-7(9)13/h3,5H,2,4,6H2,1H3,(H2,9,13)(H,10,11). The van der Waals surface area contributed by atoms with Crippen molar-refractivity contribution in [1.82, 2.24) is 9.55 Å². The summed E-state index contributed by atoms with van der Waals surface area (Å²) in [6.07, 6.45) is 2.82. The molecule has 6 nitrogen and oxygen atoms in total. The smallest absolute Gasteiger partial charge is 0.404 e. The fourth-order valence-electron chi connectivity index (χ4n) is 1.05. The van der Waals surface area contributed by atoms with Gasteiger partial charge in [0.25, 0.3) is 0 Å². The number of carbonyl (C=O) groups is 1. The van der Waals surface area contributed by atoms with Gasteiger partial charge in [-0.3, -0.25) is 0 Å². The van der Waals surface area contributed by atoms with E-state index in [1.807, 2.05) is 17.7 Å². The van der Waals surface area contributed by atoms with Gasteiger partial charge in [-0.25, -0.2) is 9.78 Å². The predicted molar refractivity (Wildman–Crippen MR) is 51.9 cm³/mol. The summed E-state index contributed by atoms with van der Waals surface area (Å²) >= 11 is 0. The summed E-state index contributed by atoms with van der Waals surface area (Å²) in [5.74, 6) is 0.764. The van der Waals surface area contributed by atoms with Crippen molar-refractivity contribution in [3.63, 3.8) is 0 Å². The Hall–Kier alpha value is -1.72. The summed E-state index contributed by atoms with van der Waals surface area (Å²) in [5.41, 5.74) is 4.80. The van der Waals surface area contributed by atoms with Gasteiger partial charge in [0.2, 0.25) is 5.95 Å². The number of anilines is 1. The Morgan fingerprint density at radius 2 is 2.57 bits per heavy atom. The molecule has 0 fully saturated rings. The van der Waals surface area contributed by atoms with Crippen LogP contribution < -0.4 is 11.1 Å². The first-order valence-corrected chi connectivity index (χ1v) is 4.41. The Balaban J connectivity index is 2.27. The summed E-state index contributed by atoms with van der Waals surface area (Å²) in [5, 5.41) is 3.02. The zero-order valence-electron chi connectivity index (χ0n) is 8.06. The van der Waals surface area contributed by atoms with Crippen molar-refractivity contribution in [2.75, 3.05) is 18.5 Å². The fourth-order valence-corrected chi connectivity index (χ4v) is 1.05. The molecular formula is C8H14N4O2. The Morgan fingerprint density at radius 1 is 1.79 bits per heavy atom. The van der Waals surface area contributed by atoms with Crippen LogP contribution in [0.25, 0.3) is 0 Å². The SMILES string of the molecule is CCn1ccnc1NCCOC(N)=O. The van der Waals surface area contributed by atoms with E-state index < -0.39 is 6.09 Å². The van der Waals surface area contributed by atoms with Gasteiger partial charge < -0.3 is 20.4 Å². The molecule has 0 unspecified atom stereocenters. The van der Waals surface area contributed by atoms with Crippen LogP contribution in [0.4, 0.5) is 10.7 Å². The lowest BCUT2D eigenvalue weighted by molar-refractivity contribution is 0.161. The topological polar surface area (TPSA) is 82.2 Å². The zero-order chi connectivity index (χ0) is 10.4. The highest BCUT2D eigenvalue weighted by Crippen LogP contribution is 2.02. The lowest BCUT2D eigenvalue weighted by atomic mass is 10.6. The number of nitrogens with zero attached hydrogens (tertiary/aromatic N) is 2. The molecule has 3 N–H and O–H groups in total. The molecule has 1 heterocycles. The lowest BCUT2D eigenvalue weighted by Gasteiger charge is -2.07. The zero-order valence-corrected chi connectivity index (χ0v) is 8.06. The number of carbonyl (C=O) groups excluding carboxylic acids is 1. The second-order valence-corrected chi connectivity index (χ2v) is 2.63. The van der Waals surface area contributed by atoms with Gasteiger partial charge in [-0.2, -0.15) is 0 Å². The molecule has 0 aliphatic heterocycles. The molecule has 0 aliphatic carbocycles. The number of imidazole rings is 1. The molecule has 0 bridgehead atoms. The van der Waals surface area contributed by atoms with E-state index >= 15 is 0 Å². The number of amides is 1. The van der Waals surface area contributed by atoms with Crippen LogP contribution in [-0.2, 0) is 11.3 Å². The minimum Gasteiger partial charge on any atom is -0.448 e. The quantitative estimate of drug-likeness (QED) is 0.671. The van der Waals surface area contributed by atoms with Crippen LogP contribution in [-0.4, -0.2) is 28.8 Å². The third-order valence-corrected chi connectivity index (χ3v) is 1.69. The number of aryl methyl sites for hydroxylation is 1. The van der Waals surface area contributed by atoms with Gasteiger partial charge >= 0.3 is 6.09 Å². The normalized spacial score (nSPS) is 9.79. The molecule has 6 heteroatoms. The number of aromatic nitrogens is 2. The third kappa shape index (κ3) is 2.96. The molecule has 0 saturated carbocycles. The number of hydrogen-bond donors (Lipinski definition) is 2. The summed E-state index contributed by atoms with van der Waals surface area (Å²) in [6, 6.07) is 0.